The molecule has 2 aromatic heterocycles. The molecule has 0 bridgehead atoms. The zero-order valence-corrected chi connectivity index (χ0v) is 14.8. The molecule has 0 aliphatic heterocycles. The van der Waals surface area contributed by atoms with Crippen molar-refractivity contribution in [2.45, 2.75) is 43.8 Å². The predicted molar refractivity (Wildman–Crippen MR) is 95.0 cm³/mol. The first kappa shape index (κ1) is 15.4. The second kappa shape index (κ2) is 6.31. The Labute approximate surface area is 138 Å². The van der Waals surface area contributed by atoms with Crippen molar-refractivity contribution in [2.24, 2.45) is 0 Å². The van der Waals surface area contributed by atoms with Gasteiger partial charge in [-0.1, -0.05) is 19.3 Å². The monoisotopic (exact) mass is 341 g/mol. The molecule has 1 aliphatic rings. The largest absolute Gasteiger partial charge is 0.368 e. The highest BCUT2D eigenvalue weighted by Crippen LogP contribution is 2.39. The van der Waals surface area contributed by atoms with E-state index in [9.17, 15) is 0 Å². The van der Waals surface area contributed by atoms with E-state index in [1.807, 2.05) is 11.8 Å². The van der Waals surface area contributed by atoms with Gasteiger partial charge < -0.3 is 5.32 Å². The van der Waals surface area contributed by atoms with Gasteiger partial charge in [0.25, 0.3) is 0 Å². The van der Waals surface area contributed by atoms with Gasteiger partial charge in [-0.3, -0.25) is 0 Å². The van der Waals surface area contributed by atoms with E-state index in [4.69, 9.17) is 11.6 Å². The van der Waals surface area contributed by atoms with Crippen LogP contribution >= 0.6 is 34.7 Å². The molecule has 0 aromatic carbocycles. The highest BCUT2D eigenvalue weighted by molar-refractivity contribution is 8.00. The summed E-state index contributed by atoms with van der Waals surface area (Å²) in [6.07, 6.45) is 8.83. The van der Waals surface area contributed by atoms with Crippen molar-refractivity contribution in [1.82, 2.24) is 9.97 Å². The molecule has 6 heteroatoms. The van der Waals surface area contributed by atoms with E-state index in [2.05, 4.69) is 34.5 Å². The molecule has 3 nitrogen and oxygen atoms in total. The third-order valence-corrected chi connectivity index (χ3v) is 6.80. The van der Waals surface area contributed by atoms with Crippen LogP contribution in [-0.4, -0.2) is 27.5 Å². The van der Waals surface area contributed by atoms with E-state index in [0.29, 0.717) is 10.0 Å². The molecule has 2 heterocycles. The van der Waals surface area contributed by atoms with Crippen LogP contribution in [0.25, 0.3) is 10.2 Å². The van der Waals surface area contributed by atoms with E-state index in [-0.39, 0.29) is 0 Å². The van der Waals surface area contributed by atoms with Crippen molar-refractivity contribution in [3.8, 4) is 0 Å². The molecule has 1 fully saturated rings. The van der Waals surface area contributed by atoms with Gasteiger partial charge in [0.05, 0.1) is 5.39 Å². The minimum absolute atomic E-state index is 0.327. The Hall–Kier alpha value is -0.520. The first-order valence-electron chi connectivity index (χ1n) is 7.35. The van der Waals surface area contributed by atoms with Gasteiger partial charge in [0.2, 0.25) is 5.28 Å². The Morgan fingerprint density at radius 2 is 2.10 bits per heavy atom. The summed E-state index contributed by atoms with van der Waals surface area (Å²) in [6, 6.07) is 2.14. The molecule has 0 spiro atoms. The van der Waals surface area contributed by atoms with Crippen molar-refractivity contribution in [3.63, 3.8) is 0 Å². The van der Waals surface area contributed by atoms with Crippen molar-refractivity contribution in [3.05, 3.63) is 16.2 Å². The van der Waals surface area contributed by atoms with Gasteiger partial charge in [0, 0.05) is 16.2 Å². The fourth-order valence-corrected chi connectivity index (χ4v) is 5.06. The van der Waals surface area contributed by atoms with Gasteiger partial charge in [-0.15, -0.1) is 11.3 Å². The molecule has 1 aliphatic carbocycles. The summed E-state index contributed by atoms with van der Waals surface area (Å²) < 4.78 is 0.340. The minimum atomic E-state index is 0.327. The van der Waals surface area contributed by atoms with Crippen molar-refractivity contribution < 1.29 is 0 Å². The summed E-state index contributed by atoms with van der Waals surface area (Å²) in [5, 5.41) is 4.97. The number of hydrogen-bond acceptors (Lipinski definition) is 5. The number of halogens is 1. The number of rotatable bonds is 4. The lowest BCUT2D eigenvalue weighted by Gasteiger charge is -2.36. The minimum Gasteiger partial charge on any atom is -0.368 e. The van der Waals surface area contributed by atoms with Crippen LogP contribution in [0, 0.1) is 6.92 Å². The van der Waals surface area contributed by atoms with Crippen molar-refractivity contribution >= 4 is 50.7 Å². The van der Waals surface area contributed by atoms with Gasteiger partial charge in [0.1, 0.15) is 10.6 Å². The summed E-state index contributed by atoms with van der Waals surface area (Å²) in [6.45, 7) is 3.04. The number of thioether (sulfide) groups is 1. The highest BCUT2D eigenvalue weighted by atomic mass is 35.5. The lowest BCUT2D eigenvalue weighted by Crippen LogP contribution is -2.35. The first-order valence-corrected chi connectivity index (χ1v) is 9.76. The lowest BCUT2D eigenvalue weighted by atomic mass is 9.88. The maximum atomic E-state index is 6.06. The normalized spacial score (nSPS) is 18.0. The smallest absolute Gasteiger partial charge is 0.225 e. The van der Waals surface area contributed by atoms with Gasteiger partial charge >= 0.3 is 0 Å². The van der Waals surface area contributed by atoms with Gasteiger partial charge in [-0.2, -0.15) is 11.8 Å². The zero-order valence-electron chi connectivity index (χ0n) is 12.4. The fourth-order valence-electron chi connectivity index (χ4n) is 3.04. The Kier molecular flexibility index (Phi) is 4.62. The van der Waals surface area contributed by atoms with Crippen LogP contribution < -0.4 is 5.32 Å². The molecule has 0 amide bonds. The number of aryl methyl sites for hydroxylation is 1. The fraction of sp³-hybridized carbons (Fsp3) is 0.600. The predicted octanol–water partition coefficient (Wildman–Crippen LogP) is 5.13. The Bertz CT molecular complexity index is 635. The van der Waals surface area contributed by atoms with E-state index >= 15 is 0 Å². The van der Waals surface area contributed by atoms with E-state index in [1.165, 1.54) is 37.0 Å². The van der Waals surface area contributed by atoms with Crippen LogP contribution in [-0.2, 0) is 0 Å². The van der Waals surface area contributed by atoms with Gasteiger partial charge in [-0.05, 0) is 43.7 Å². The molecule has 2 aromatic rings. The topological polar surface area (TPSA) is 37.8 Å². The number of aromatic nitrogens is 2. The molecule has 1 saturated carbocycles. The molecule has 0 saturated heterocycles. The third kappa shape index (κ3) is 3.30. The zero-order chi connectivity index (χ0) is 14.9. The maximum Gasteiger partial charge on any atom is 0.225 e. The molecular formula is C15H20ClN3S2. The average Bonchev–Trinajstić information content (AvgIpc) is 2.86. The van der Waals surface area contributed by atoms with Crippen LogP contribution in [0.2, 0.25) is 5.28 Å². The Balaban J connectivity index is 1.84. The van der Waals surface area contributed by atoms with Crippen molar-refractivity contribution in [1.29, 1.82) is 0 Å². The van der Waals surface area contributed by atoms with Crippen LogP contribution in [0.3, 0.4) is 0 Å². The summed E-state index contributed by atoms with van der Waals surface area (Å²) >= 11 is 9.72. The maximum absolute atomic E-state index is 6.06. The van der Waals surface area contributed by atoms with Gasteiger partial charge in [0.15, 0.2) is 0 Å². The molecular weight excluding hydrogens is 322 g/mol. The molecule has 0 atom stereocenters. The SMILES string of the molecule is CSC1(CNc2nc(Cl)nc3sc(C)cc23)CCCCC1. The third-order valence-electron chi connectivity index (χ3n) is 4.26. The van der Waals surface area contributed by atoms with Crippen LogP contribution in [0.4, 0.5) is 5.82 Å². The molecule has 114 valence electrons. The molecule has 0 unspecified atom stereocenters. The standard InChI is InChI=1S/C15H20ClN3S2/c1-10-8-11-12(18-14(16)19-13(11)21-10)17-9-15(20-2)6-4-3-5-7-15/h8H,3-7,9H2,1-2H3,(H,17,18,19). The molecule has 0 radical (unpaired) electrons. The molecule has 21 heavy (non-hydrogen) atoms. The number of nitrogens with zero attached hydrogens (tertiary/aromatic N) is 2. The summed E-state index contributed by atoms with van der Waals surface area (Å²) in [4.78, 5) is 10.9. The average molecular weight is 342 g/mol. The number of nitrogens with one attached hydrogen (secondary N) is 1. The number of fused-ring (bicyclic) bond motifs is 1. The Morgan fingerprint density at radius 3 is 2.81 bits per heavy atom. The van der Waals surface area contributed by atoms with Gasteiger partial charge in [-0.25, -0.2) is 9.97 Å². The highest BCUT2D eigenvalue weighted by Gasteiger charge is 2.31. The first-order chi connectivity index (χ1) is 10.1. The van der Waals surface area contributed by atoms with Crippen LogP contribution in [0.1, 0.15) is 37.0 Å². The summed E-state index contributed by atoms with van der Waals surface area (Å²) in [7, 11) is 0. The lowest BCUT2D eigenvalue weighted by molar-refractivity contribution is 0.411. The number of thiophene rings is 1. The summed E-state index contributed by atoms with van der Waals surface area (Å²) in [5.74, 6) is 0.883. The molecule has 3 rings (SSSR count). The van der Waals surface area contributed by atoms with Crippen LogP contribution in [0.15, 0.2) is 6.07 Å². The number of hydrogen-bond donors (Lipinski definition) is 1. The quantitative estimate of drug-likeness (QED) is 0.782. The Morgan fingerprint density at radius 1 is 1.33 bits per heavy atom. The summed E-state index contributed by atoms with van der Waals surface area (Å²) in [5.41, 5.74) is 0. The second-order valence-electron chi connectivity index (χ2n) is 5.72. The number of anilines is 1. The van der Waals surface area contributed by atoms with Crippen molar-refractivity contribution in [2.75, 3.05) is 18.1 Å². The second-order valence-corrected chi connectivity index (χ2v) is 8.57. The van der Waals surface area contributed by atoms with E-state index in [1.54, 1.807) is 11.3 Å². The van der Waals surface area contributed by atoms with Crippen LogP contribution in [0.5, 0.6) is 0 Å². The van der Waals surface area contributed by atoms with E-state index < -0.39 is 0 Å². The molecule has 1 N–H and O–H groups in total. The van der Waals surface area contributed by atoms with E-state index in [0.717, 1.165) is 22.6 Å².